The Morgan fingerprint density at radius 2 is 1.78 bits per heavy atom. The van der Waals surface area contributed by atoms with Gasteiger partial charge in [-0.15, -0.1) is 0 Å². The molecule has 5 nitrogen and oxygen atoms in total. The highest BCUT2D eigenvalue weighted by molar-refractivity contribution is 7.89. The van der Waals surface area contributed by atoms with Crippen LogP contribution < -0.4 is 9.47 Å². The molecule has 0 spiro atoms. The number of halogens is 2. The summed E-state index contributed by atoms with van der Waals surface area (Å²) in [6.45, 7) is 0.180. The monoisotopic (exact) mass is 341 g/mol. The Morgan fingerprint density at radius 3 is 2.52 bits per heavy atom. The van der Waals surface area contributed by atoms with E-state index in [1.807, 2.05) is 0 Å². The highest BCUT2D eigenvalue weighted by Crippen LogP contribution is 2.33. The van der Waals surface area contributed by atoms with E-state index in [1.165, 1.54) is 7.05 Å². The quantitative estimate of drug-likeness (QED) is 0.857. The fourth-order valence-corrected chi connectivity index (χ4v) is 3.37. The molecular weight excluding hydrogens is 328 g/mol. The summed E-state index contributed by atoms with van der Waals surface area (Å²) < 4.78 is 62.5. The second-order valence-electron chi connectivity index (χ2n) is 5.02. The molecule has 1 aliphatic rings. The minimum Gasteiger partial charge on any atom is -0.454 e. The Morgan fingerprint density at radius 1 is 1.04 bits per heavy atom. The molecule has 23 heavy (non-hydrogen) atoms. The van der Waals surface area contributed by atoms with Crippen LogP contribution in [0.4, 0.5) is 8.78 Å². The van der Waals surface area contributed by atoms with Crippen molar-refractivity contribution in [2.24, 2.45) is 0 Å². The van der Waals surface area contributed by atoms with E-state index in [-0.39, 0.29) is 18.2 Å². The molecule has 0 radical (unpaired) electrons. The summed E-state index contributed by atoms with van der Waals surface area (Å²) in [7, 11) is -2.57. The molecule has 0 saturated heterocycles. The van der Waals surface area contributed by atoms with E-state index in [2.05, 4.69) is 0 Å². The van der Waals surface area contributed by atoms with Crippen molar-refractivity contribution in [1.29, 1.82) is 0 Å². The molecule has 0 aliphatic carbocycles. The zero-order chi connectivity index (χ0) is 16.6. The summed E-state index contributed by atoms with van der Waals surface area (Å²) >= 11 is 0. The third kappa shape index (κ3) is 2.99. The van der Waals surface area contributed by atoms with Crippen LogP contribution in [0.1, 0.15) is 5.56 Å². The first kappa shape index (κ1) is 15.7. The van der Waals surface area contributed by atoms with Crippen molar-refractivity contribution in [1.82, 2.24) is 4.31 Å². The Hall–Kier alpha value is -2.19. The predicted molar refractivity (Wildman–Crippen MR) is 77.6 cm³/mol. The van der Waals surface area contributed by atoms with Crippen LogP contribution in [-0.2, 0) is 16.6 Å². The van der Waals surface area contributed by atoms with E-state index >= 15 is 0 Å². The maximum atomic E-state index is 13.3. The highest BCUT2D eigenvalue weighted by atomic mass is 32.2. The molecule has 0 unspecified atom stereocenters. The zero-order valence-corrected chi connectivity index (χ0v) is 12.9. The van der Waals surface area contributed by atoms with Gasteiger partial charge in [0.2, 0.25) is 16.8 Å². The molecule has 0 saturated carbocycles. The number of benzene rings is 2. The molecule has 8 heteroatoms. The lowest BCUT2D eigenvalue weighted by Gasteiger charge is -2.17. The molecule has 2 aromatic rings. The lowest BCUT2D eigenvalue weighted by atomic mass is 10.2. The third-order valence-corrected chi connectivity index (χ3v) is 5.24. The van der Waals surface area contributed by atoms with Crippen molar-refractivity contribution >= 4 is 10.0 Å². The van der Waals surface area contributed by atoms with E-state index < -0.39 is 21.7 Å². The number of sulfonamides is 1. The summed E-state index contributed by atoms with van der Waals surface area (Å²) in [5.74, 6) is -1.16. The molecule has 3 rings (SSSR count). The molecule has 0 bridgehead atoms. The highest BCUT2D eigenvalue weighted by Gasteiger charge is 2.23. The van der Waals surface area contributed by atoms with Gasteiger partial charge in [-0.3, -0.25) is 0 Å². The largest absolute Gasteiger partial charge is 0.454 e. The van der Waals surface area contributed by atoms with Gasteiger partial charge in [0.25, 0.3) is 0 Å². The maximum Gasteiger partial charge on any atom is 0.243 e. The first-order chi connectivity index (χ1) is 10.9. The first-order valence-electron chi connectivity index (χ1n) is 6.68. The molecular formula is C15H13F2NO4S. The van der Waals surface area contributed by atoms with Crippen molar-refractivity contribution in [2.45, 2.75) is 11.4 Å². The van der Waals surface area contributed by atoms with Gasteiger partial charge in [-0.2, -0.15) is 4.31 Å². The van der Waals surface area contributed by atoms with Gasteiger partial charge in [-0.05, 0) is 35.9 Å². The average molecular weight is 341 g/mol. The van der Waals surface area contributed by atoms with Crippen LogP contribution in [0.15, 0.2) is 41.3 Å². The van der Waals surface area contributed by atoms with Gasteiger partial charge < -0.3 is 9.47 Å². The van der Waals surface area contributed by atoms with Crippen molar-refractivity contribution in [3.63, 3.8) is 0 Å². The summed E-state index contributed by atoms with van der Waals surface area (Å²) in [6, 6.07) is 7.57. The molecule has 0 atom stereocenters. The fourth-order valence-electron chi connectivity index (χ4n) is 2.20. The Kier molecular flexibility index (Phi) is 3.95. The van der Waals surface area contributed by atoms with Crippen LogP contribution in [0.3, 0.4) is 0 Å². The second-order valence-corrected chi connectivity index (χ2v) is 7.07. The smallest absolute Gasteiger partial charge is 0.243 e. The number of nitrogens with zero attached hydrogens (tertiary/aromatic N) is 1. The number of hydrogen-bond acceptors (Lipinski definition) is 4. The summed E-state index contributed by atoms with van der Waals surface area (Å²) in [4.78, 5) is -0.306. The van der Waals surface area contributed by atoms with Gasteiger partial charge >= 0.3 is 0 Å². The van der Waals surface area contributed by atoms with Crippen molar-refractivity contribution < 1.29 is 26.7 Å². The van der Waals surface area contributed by atoms with Crippen molar-refractivity contribution in [3.05, 3.63) is 53.6 Å². The molecule has 1 aliphatic heterocycles. The van der Waals surface area contributed by atoms with E-state index in [0.29, 0.717) is 23.1 Å². The zero-order valence-electron chi connectivity index (χ0n) is 12.1. The van der Waals surface area contributed by atoms with Crippen LogP contribution >= 0.6 is 0 Å². The Balaban J connectivity index is 1.84. The van der Waals surface area contributed by atoms with Gasteiger partial charge in [0.15, 0.2) is 23.1 Å². The third-order valence-electron chi connectivity index (χ3n) is 3.44. The molecule has 0 fully saturated rings. The number of hydrogen-bond donors (Lipinski definition) is 0. The maximum absolute atomic E-state index is 13.3. The molecule has 0 amide bonds. The van der Waals surface area contributed by atoms with E-state index in [4.69, 9.17) is 9.47 Å². The number of fused-ring (bicyclic) bond motifs is 1. The minimum atomic E-state index is -3.94. The van der Waals surface area contributed by atoms with Gasteiger partial charge in [0.1, 0.15) is 0 Å². The van der Waals surface area contributed by atoms with Gasteiger partial charge in [0, 0.05) is 13.6 Å². The first-order valence-corrected chi connectivity index (χ1v) is 8.12. The number of rotatable bonds is 4. The summed E-state index contributed by atoms with van der Waals surface area (Å²) in [5, 5.41) is 0. The van der Waals surface area contributed by atoms with E-state index in [1.54, 1.807) is 18.2 Å². The lowest BCUT2D eigenvalue weighted by molar-refractivity contribution is 0.174. The SMILES string of the molecule is CN(Cc1ccc2c(c1)OCO2)S(=O)(=O)c1ccc(F)c(F)c1. The molecule has 0 aromatic heterocycles. The van der Waals surface area contributed by atoms with Crippen molar-refractivity contribution in [2.75, 3.05) is 13.8 Å². The predicted octanol–water partition coefficient (Wildman–Crippen LogP) is 2.51. The van der Waals surface area contributed by atoms with Crippen LogP contribution in [-0.4, -0.2) is 26.6 Å². The summed E-state index contributed by atoms with van der Waals surface area (Å²) in [5.41, 5.74) is 0.683. The van der Waals surface area contributed by atoms with Gasteiger partial charge in [0.05, 0.1) is 4.90 Å². The minimum absolute atomic E-state index is 0.0535. The normalized spacial score (nSPS) is 13.6. The van der Waals surface area contributed by atoms with Crippen LogP contribution in [0.2, 0.25) is 0 Å². The van der Waals surface area contributed by atoms with Crippen LogP contribution in [0.5, 0.6) is 11.5 Å². The van der Waals surface area contributed by atoms with Gasteiger partial charge in [-0.1, -0.05) is 6.07 Å². The topological polar surface area (TPSA) is 55.8 Å². The summed E-state index contributed by atoms with van der Waals surface area (Å²) in [6.07, 6.45) is 0. The average Bonchev–Trinajstić information content (AvgIpc) is 2.97. The molecule has 1 heterocycles. The second kappa shape index (κ2) is 5.78. The van der Waals surface area contributed by atoms with Crippen LogP contribution in [0, 0.1) is 11.6 Å². The standard InChI is InChI=1S/C15H13F2NO4S/c1-18(8-10-2-5-14-15(6-10)22-9-21-14)23(19,20)11-3-4-12(16)13(17)7-11/h2-7H,8-9H2,1H3. The lowest BCUT2D eigenvalue weighted by Crippen LogP contribution is -2.26. The number of ether oxygens (including phenoxy) is 2. The van der Waals surface area contributed by atoms with E-state index in [0.717, 1.165) is 16.4 Å². The van der Waals surface area contributed by atoms with Crippen molar-refractivity contribution in [3.8, 4) is 11.5 Å². The fraction of sp³-hybridized carbons (Fsp3) is 0.200. The van der Waals surface area contributed by atoms with E-state index in [9.17, 15) is 17.2 Å². The molecule has 0 N–H and O–H groups in total. The molecule has 122 valence electrons. The Labute approximate surface area is 132 Å². The van der Waals surface area contributed by atoms with Gasteiger partial charge in [-0.25, -0.2) is 17.2 Å². The Bertz CT molecular complexity index is 855. The molecule has 2 aromatic carbocycles. The van der Waals surface area contributed by atoms with Crippen LogP contribution in [0.25, 0.3) is 0 Å².